The summed E-state index contributed by atoms with van der Waals surface area (Å²) < 4.78 is 56.2. The molecule has 124 heavy (non-hydrogen) atoms. The van der Waals surface area contributed by atoms with Crippen LogP contribution >= 0.6 is 0 Å². The van der Waals surface area contributed by atoms with Gasteiger partial charge in [0.05, 0.1) is 52.9 Å². The van der Waals surface area contributed by atoms with Crippen LogP contribution in [0.5, 0.6) is 46.0 Å². The molecule has 0 aliphatic heterocycles. The molecule has 0 saturated carbocycles. The molecule has 8 atom stereocenters. The second kappa shape index (κ2) is 59.3. The van der Waals surface area contributed by atoms with Crippen LogP contribution in [0.15, 0.2) is 163 Å². The van der Waals surface area contributed by atoms with Crippen molar-refractivity contribution in [3.63, 3.8) is 0 Å². The largest absolute Gasteiger partial charge is 0.489 e. The topological polar surface area (TPSA) is 73.8 Å². The lowest BCUT2D eigenvalue weighted by atomic mass is 9.96. The number of fused-ring (bicyclic) bond motifs is 12. The SMILES string of the molecule is CCCCC(CC)COc1cc2c3c(c4cc(OCC(CC)CCCC)c(OCC(CC)CCCC)cc4c2cc1OCC(CC)CCCC)=C=C=C=C=C=C=C=C=C=C=C=C=c1c(c2cc(OCC(CC)CCCC)c(OCC(CC)CCCC)cc2c2cc(OCC(CC)CCCC)c(OCC(CC)CCCC)cc12)=C=C=C=C=C=C=C=C=C=C=C=C=3. The van der Waals surface area contributed by atoms with E-state index in [1.807, 2.05) is 0 Å². The second-order valence-electron chi connectivity index (χ2n) is 33.7. The van der Waals surface area contributed by atoms with Crippen molar-refractivity contribution in [1.29, 1.82) is 0 Å². The predicted molar refractivity (Wildman–Crippen MR) is 516 cm³/mol. The lowest BCUT2D eigenvalue weighted by molar-refractivity contribution is 0.199. The van der Waals surface area contributed by atoms with Crippen molar-refractivity contribution >= 4 is 66.0 Å². The van der Waals surface area contributed by atoms with Crippen LogP contribution in [-0.4, -0.2) is 52.9 Å². The van der Waals surface area contributed by atoms with Crippen molar-refractivity contribution in [2.24, 2.45) is 47.3 Å². The smallest absolute Gasteiger partial charge is 0.161 e. The van der Waals surface area contributed by atoms with Crippen molar-refractivity contribution in [3.05, 3.63) is 184 Å². The molecule has 0 heterocycles. The maximum Gasteiger partial charge on any atom is 0.161 e. The molecule has 656 valence electrons. The molecular weight excluding hydrogens is 1520 g/mol. The molecule has 8 unspecified atom stereocenters. The molecule has 0 aromatic heterocycles. The fourth-order valence-corrected chi connectivity index (χ4v) is 15.6. The van der Waals surface area contributed by atoms with Gasteiger partial charge in [-0.25, -0.2) is 0 Å². The fourth-order valence-electron chi connectivity index (χ4n) is 15.6. The summed E-state index contributed by atoms with van der Waals surface area (Å²) in [5.74, 6) is 8.25. The molecule has 0 spiro atoms. The molecule has 0 N–H and O–H groups in total. The average Bonchev–Trinajstić information content (AvgIpc) is 0.740. The number of unbranched alkanes of at least 4 members (excludes halogenated alkanes) is 8. The van der Waals surface area contributed by atoms with Gasteiger partial charge in [-0.2, -0.15) is 0 Å². The molecule has 8 heteroatoms. The van der Waals surface area contributed by atoms with Crippen LogP contribution < -0.4 is 58.8 Å². The van der Waals surface area contributed by atoms with Gasteiger partial charge in [0.2, 0.25) is 0 Å². The summed E-state index contributed by atoms with van der Waals surface area (Å²) in [6, 6.07) is 17.0. The Hall–Kier alpha value is -10.5. The molecule has 1 aliphatic carbocycles. The van der Waals surface area contributed by atoms with Crippen LogP contribution in [0.4, 0.5) is 0 Å². The Balaban J connectivity index is 1.74. The van der Waals surface area contributed by atoms with Crippen LogP contribution in [0.1, 0.15) is 316 Å². The molecule has 6 aromatic carbocycles. The van der Waals surface area contributed by atoms with Crippen LogP contribution in [0, 0.1) is 47.3 Å². The number of hydrogen-bond donors (Lipinski definition) is 0. The lowest BCUT2D eigenvalue weighted by Crippen LogP contribution is -2.25. The molecule has 0 fully saturated rings. The monoisotopic (exact) mass is 1670 g/mol. The summed E-state index contributed by atoms with van der Waals surface area (Å²) in [4.78, 5) is 0. The minimum absolute atomic E-state index is 0.356. The van der Waals surface area contributed by atoms with E-state index in [1.54, 1.807) is 0 Å². The first-order chi connectivity index (χ1) is 60.9. The predicted octanol–water partition coefficient (Wildman–Crippen LogP) is 28.5. The van der Waals surface area contributed by atoms with Crippen molar-refractivity contribution in [1.82, 2.24) is 0 Å². The van der Waals surface area contributed by atoms with E-state index in [9.17, 15) is 0 Å². The zero-order valence-corrected chi connectivity index (χ0v) is 78.8. The van der Waals surface area contributed by atoms with E-state index in [4.69, 9.17) is 37.9 Å². The minimum Gasteiger partial charge on any atom is -0.489 e. The fraction of sp³-hybridized carbons (Fsp3) is 0.552. The second-order valence-corrected chi connectivity index (χ2v) is 33.7. The van der Waals surface area contributed by atoms with Crippen molar-refractivity contribution in [2.75, 3.05) is 52.9 Å². The zero-order valence-electron chi connectivity index (χ0n) is 78.8. The normalized spacial score (nSPS) is 13.2. The van der Waals surface area contributed by atoms with Gasteiger partial charge in [-0.05, 0) is 283 Å². The van der Waals surface area contributed by atoms with Crippen molar-refractivity contribution in [3.8, 4) is 46.0 Å². The van der Waals surface area contributed by atoms with E-state index in [2.05, 4.69) is 297 Å². The molecule has 0 radical (unpaired) electrons. The Labute approximate surface area is 745 Å². The molecule has 6 aromatic rings. The van der Waals surface area contributed by atoms with E-state index in [-0.39, 0.29) is 0 Å². The van der Waals surface area contributed by atoms with Crippen molar-refractivity contribution < 1.29 is 37.9 Å². The number of rotatable bonds is 56. The highest BCUT2D eigenvalue weighted by Crippen LogP contribution is 2.43. The van der Waals surface area contributed by atoms with Gasteiger partial charge in [0.25, 0.3) is 0 Å². The first kappa shape index (κ1) is 101. The van der Waals surface area contributed by atoms with Gasteiger partial charge in [0.1, 0.15) is 0 Å². The summed E-state index contributed by atoms with van der Waals surface area (Å²) in [5.41, 5.74) is 74.3. The Morgan fingerprint density at radius 1 is 0.169 bits per heavy atom. The molecular formula is C116H144O8. The quantitative estimate of drug-likeness (QED) is 0.0276. The molecule has 0 amide bonds. The maximum absolute atomic E-state index is 7.04. The van der Waals surface area contributed by atoms with Crippen molar-refractivity contribution in [2.45, 2.75) is 316 Å². The third-order valence-corrected chi connectivity index (χ3v) is 24.5. The highest BCUT2D eigenvalue weighted by Gasteiger charge is 2.25. The average molecular weight is 1670 g/mol. The molecule has 0 bridgehead atoms. The molecule has 0 saturated heterocycles. The standard InChI is InChI=1S/C116H144O8/c1-17-33-61-89(25-9)81-117-109-73-101-97-69-57-53-49-45-41-42-47-51-55-59-71-99-100(104-76-112(120-84-92(28-12)64-36-20-4)116(124-88-96(32-16)68-40-24-8)80-108(104)107-79-115(123-87-95(31-15)67-39-23-7)111(75-103(99)107)119-83-91(27-11)63-35-19-3)72-60-56-52-48-44-43-46-50-54-58-70-98(97)102-74-110(118-82-90(26-10)62-34-18-2)114(122-86-94(30-14)66-38-22-6)78-106(102)105(101)77-113(109)121-85-93(29-13)65-37-21-5/h73-80,89-96H,17-40,61-68,81-88H2,1-16H3. The van der Waals surface area contributed by atoms with Crippen LogP contribution in [0.3, 0.4) is 0 Å². The van der Waals surface area contributed by atoms with E-state index >= 15 is 0 Å². The third-order valence-electron chi connectivity index (χ3n) is 24.5. The first-order valence-electron chi connectivity index (χ1n) is 48.2. The van der Waals surface area contributed by atoms with E-state index in [1.165, 1.54) is 0 Å². The number of ether oxygens (including phenoxy) is 8. The van der Waals surface area contributed by atoms with E-state index < -0.39 is 0 Å². The maximum atomic E-state index is 7.04. The third kappa shape index (κ3) is 32.9. The lowest BCUT2D eigenvalue weighted by Gasteiger charge is -2.22. The number of benzene rings is 6. The van der Waals surface area contributed by atoms with Crippen LogP contribution in [0.25, 0.3) is 66.0 Å². The van der Waals surface area contributed by atoms with Gasteiger partial charge in [-0.3, -0.25) is 0 Å². The summed E-state index contributed by atoms with van der Waals surface area (Å²) >= 11 is 0. The molecule has 8 nitrogen and oxygen atoms in total. The van der Waals surface area contributed by atoms with E-state index in [0.29, 0.717) is 167 Å². The summed E-state index contributed by atoms with van der Waals surface area (Å²) in [5, 5.41) is 9.40. The van der Waals surface area contributed by atoms with Gasteiger partial charge >= 0.3 is 0 Å². The van der Waals surface area contributed by atoms with Crippen LogP contribution in [0.2, 0.25) is 0 Å². The van der Waals surface area contributed by atoms with Gasteiger partial charge in [-0.1, -0.05) is 288 Å². The summed E-state index contributed by atoms with van der Waals surface area (Å²) in [6.45, 7) is 40.3. The Bertz CT molecular complexity index is 4970. The van der Waals surface area contributed by atoms with E-state index in [0.717, 1.165) is 249 Å². The molecule has 1 aliphatic rings. The van der Waals surface area contributed by atoms with Gasteiger partial charge in [-0.15, -0.1) is 0 Å². The minimum atomic E-state index is 0.356. The summed E-state index contributed by atoms with van der Waals surface area (Å²) in [6.07, 6.45) is 34.5. The Kier molecular flexibility index (Phi) is 48.1. The van der Waals surface area contributed by atoms with Gasteiger partial charge in [0, 0.05) is 42.4 Å². The molecule has 7 rings (SSSR count). The van der Waals surface area contributed by atoms with Gasteiger partial charge < -0.3 is 37.9 Å². The first-order valence-corrected chi connectivity index (χ1v) is 48.2. The Morgan fingerprint density at radius 2 is 0.290 bits per heavy atom. The highest BCUT2D eigenvalue weighted by molar-refractivity contribution is 6.11. The van der Waals surface area contributed by atoms with Gasteiger partial charge in [0.15, 0.2) is 46.0 Å². The number of hydrogen-bond acceptors (Lipinski definition) is 8. The van der Waals surface area contributed by atoms with Crippen LogP contribution in [-0.2, 0) is 0 Å². The highest BCUT2D eigenvalue weighted by atomic mass is 16.5. The summed E-state index contributed by atoms with van der Waals surface area (Å²) in [7, 11) is 0. The Morgan fingerprint density at radius 3 is 0.411 bits per heavy atom. The zero-order chi connectivity index (χ0) is 88.7.